The molecule has 0 aliphatic carbocycles. The normalized spacial score (nSPS) is 10.9. The Balaban J connectivity index is 3.46. The molecule has 0 N–H and O–H groups in total. The van der Waals surface area contributed by atoms with Crippen LogP contribution in [0.3, 0.4) is 0 Å². The van der Waals surface area contributed by atoms with E-state index >= 15 is 0 Å². The summed E-state index contributed by atoms with van der Waals surface area (Å²) in [5.74, 6) is 0.851. The van der Waals surface area contributed by atoms with Crippen LogP contribution < -0.4 is 14.2 Å². The first-order chi connectivity index (χ1) is 11.6. The number of carbonyl (C=O) groups is 1. The highest BCUT2D eigenvalue weighted by atomic mass is 16.7. The highest BCUT2D eigenvalue weighted by Gasteiger charge is 2.23. The monoisotopic (exact) mass is 340 g/mol. The van der Waals surface area contributed by atoms with Crippen molar-refractivity contribution in [2.24, 2.45) is 0 Å². The number of hydrogen-bond acceptors (Lipinski definition) is 7. The van der Waals surface area contributed by atoms with E-state index in [1.165, 1.54) is 27.4 Å². The first kappa shape index (κ1) is 20.0. The third-order valence-electron chi connectivity index (χ3n) is 3.00. The summed E-state index contributed by atoms with van der Waals surface area (Å²) in [5, 5.41) is 0. The molecular formula is C17H24O7. The van der Waals surface area contributed by atoms with Gasteiger partial charge in [-0.05, 0) is 19.9 Å². The van der Waals surface area contributed by atoms with Gasteiger partial charge in [0.15, 0.2) is 26.2 Å². The van der Waals surface area contributed by atoms with Crippen LogP contribution >= 0.6 is 0 Å². The van der Waals surface area contributed by atoms with E-state index in [1.807, 2.05) is 0 Å². The SMILES string of the molecule is CC=CC(=O)c1c(OCOC)cc(OCOC)c(C)c1OCOC. The zero-order valence-corrected chi connectivity index (χ0v) is 14.7. The van der Waals surface area contributed by atoms with Crippen molar-refractivity contribution >= 4 is 5.78 Å². The molecule has 7 nitrogen and oxygen atoms in total. The molecule has 0 heterocycles. The average Bonchev–Trinajstić information content (AvgIpc) is 2.58. The molecule has 24 heavy (non-hydrogen) atoms. The summed E-state index contributed by atoms with van der Waals surface area (Å²) in [6.07, 6.45) is 3.08. The molecule has 0 spiro atoms. The van der Waals surface area contributed by atoms with Crippen LogP contribution in [0.1, 0.15) is 22.8 Å². The fourth-order valence-corrected chi connectivity index (χ4v) is 1.99. The van der Waals surface area contributed by atoms with Gasteiger partial charge in [-0.25, -0.2) is 0 Å². The Morgan fingerprint density at radius 3 is 2.04 bits per heavy atom. The first-order valence-corrected chi connectivity index (χ1v) is 7.30. The highest BCUT2D eigenvalue weighted by molar-refractivity contribution is 6.09. The molecule has 0 saturated heterocycles. The molecule has 0 aliphatic heterocycles. The molecular weight excluding hydrogens is 316 g/mol. The summed E-state index contributed by atoms with van der Waals surface area (Å²) in [5.41, 5.74) is 0.922. The zero-order valence-electron chi connectivity index (χ0n) is 14.7. The van der Waals surface area contributed by atoms with Gasteiger partial charge >= 0.3 is 0 Å². The summed E-state index contributed by atoms with van der Waals surface area (Å²) in [7, 11) is 4.51. The fourth-order valence-electron chi connectivity index (χ4n) is 1.99. The van der Waals surface area contributed by atoms with E-state index in [9.17, 15) is 4.79 Å². The van der Waals surface area contributed by atoms with Crippen LogP contribution in [0.5, 0.6) is 17.2 Å². The van der Waals surface area contributed by atoms with Crippen molar-refractivity contribution < 1.29 is 33.2 Å². The fraction of sp³-hybridized carbons (Fsp3) is 0.471. The predicted octanol–water partition coefficient (Wildman–Crippen LogP) is 2.70. The van der Waals surface area contributed by atoms with Gasteiger partial charge in [0.25, 0.3) is 0 Å². The topological polar surface area (TPSA) is 72.5 Å². The second-order valence-corrected chi connectivity index (χ2v) is 4.72. The number of benzene rings is 1. The summed E-state index contributed by atoms with van der Waals surface area (Å²) in [6.45, 7) is 3.55. The van der Waals surface area contributed by atoms with Gasteiger partial charge in [0.2, 0.25) is 0 Å². The number of rotatable bonds is 11. The predicted molar refractivity (Wildman–Crippen MR) is 87.8 cm³/mol. The van der Waals surface area contributed by atoms with Crippen molar-refractivity contribution in [2.75, 3.05) is 41.7 Å². The molecule has 0 fully saturated rings. The summed E-state index contributed by atoms with van der Waals surface area (Å²) < 4.78 is 31.5. The lowest BCUT2D eigenvalue weighted by molar-refractivity contribution is 0.0393. The molecule has 7 heteroatoms. The van der Waals surface area contributed by atoms with Crippen molar-refractivity contribution in [1.29, 1.82) is 0 Å². The van der Waals surface area contributed by atoms with Gasteiger partial charge in [0.05, 0.1) is 0 Å². The van der Waals surface area contributed by atoms with Gasteiger partial charge < -0.3 is 28.4 Å². The first-order valence-electron chi connectivity index (χ1n) is 7.30. The summed E-state index contributed by atoms with van der Waals surface area (Å²) in [4.78, 5) is 12.5. The third kappa shape index (κ3) is 5.23. The van der Waals surface area contributed by atoms with E-state index < -0.39 is 0 Å². The second kappa shape index (κ2) is 10.6. The largest absolute Gasteiger partial charge is 0.467 e. The van der Waals surface area contributed by atoms with E-state index in [0.29, 0.717) is 22.8 Å². The van der Waals surface area contributed by atoms with Crippen LogP contribution in [0.4, 0.5) is 0 Å². The van der Waals surface area contributed by atoms with E-state index in [-0.39, 0.29) is 31.7 Å². The van der Waals surface area contributed by atoms with Crippen molar-refractivity contribution in [2.45, 2.75) is 13.8 Å². The number of allylic oxidation sites excluding steroid dienone is 2. The lowest BCUT2D eigenvalue weighted by Crippen LogP contribution is -2.12. The molecule has 0 aliphatic rings. The molecule has 1 rings (SSSR count). The van der Waals surface area contributed by atoms with Crippen molar-refractivity contribution in [3.63, 3.8) is 0 Å². The van der Waals surface area contributed by atoms with E-state index in [2.05, 4.69) is 0 Å². The number of hydrogen-bond donors (Lipinski definition) is 0. The molecule has 1 aromatic rings. The maximum Gasteiger partial charge on any atom is 0.193 e. The zero-order chi connectivity index (χ0) is 17.9. The maximum absolute atomic E-state index is 12.5. The highest BCUT2D eigenvalue weighted by Crippen LogP contribution is 2.39. The Kier molecular flexibility index (Phi) is 8.85. The smallest absolute Gasteiger partial charge is 0.193 e. The Morgan fingerprint density at radius 1 is 0.958 bits per heavy atom. The van der Waals surface area contributed by atoms with Gasteiger partial charge in [0, 0.05) is 33.0 Å². The molecule has 1 aromatic carbocycles. The number of ketones is 1. The molecule has 0 atom stereocenters. The molecule has 0 radical (unpaired) electrons. The lowest BCUT2D eigenvalue weighted by Gasteiger charge is -2.19. The van der Waals surface area contributed by atoms with Gasteiger partial charge in [-0.2, -0.15) is 0 Å². The van der Waals surface area contributed by atoms with Crippen LogP contribution in [0, 0.1) is 6.92 Å². The quantitative estimate of drug-likeness (QED) is 0.348. The number of methoxy groups -OCH3 is 3. The molecule has 0 amide bonds. The molecule has 0 bridgehead atoms. The van der Waals surface area contributed by atoms with Crippen LogP contribution in [0.15, 0.2) is 18.2 Å². The van der Waals surface area contributed by atoms with Crippen LogP contribution in [-0.4, -0.2) is 47.5 Å². The minimum atomic E-state index is -0.254. The third-order valence-corrected chi connectivity index (χ3v) is 3.00. The van der Waals surface area contributed by atoms with Crippen molar-refractivity contribution in [3.05, 3.63) is 29.3 Å². The molecule has 0 saturated carbocycles. The summed E-state index contributed by atoms with van der Waals surface area (Å²) in [6, 6.07) is 1.61. The average molecular weight is 340 g/mol. The number of carbonyl (C=O) groups excluding carboxylic acids is 1. The van der Waals surface area contributed by atoms with E-state index in [1.54, 1.807) is 26.0 Å². The lowest BCUT2D eigenvalue weighted by atomic mass is 10.0. The van der Waals surface area contributed by atoms with Gasteiger partial charge in [-0.3, -0.25) is 4.79 Å². The minimum absolute atomic E-state index is 0.0194. The molecule has 0 aromatic heterocycles. The van der Waals surface area contributed by atoms with Gasteiger partial charge in [0.1, 0.15) is 22.8 Å². The maximum atomic E-state index is 12.5. The van der Waals surface area contributed by atoms with Gasteiger partial charge in [-0.1, -0.05) is 6.08 Å². The summed E-state index contributed by atoms with van der Waals surface area (Å²) >= 11 is 0. The second-order valence-electron chi connectivity index (χ2n) is 4.72. The van der Waals surface area contributed by atoms with Crippen molar-refractivity contribution in [1.82, 2.24) is 0 Å². The Bertz CT molecular complexity index is 567. The standard InChI is InChI=1S/C17H24O7/c1-6-7-13(18)16-15(23-10-20-4)8-14(22-9-19-3)12(2)17(16)24-11-21-5/h6-8H,9-11H2,1-5H3. The van der Waals surface area contributed by atoms with E-state index in [0.717, 1.165) is 0 Å². The van der Waals surface area contributed by atoms with Crippen LogP contribution in [0.25, 0.3) is 0 Å². The van der Waals surface area contributed by atoms with Gasteiger partial charge in [-0.15, -0.1) is 0 Å². The Morgan fingerprint density at radius 2 is 1.50 bits per heavy atom. The molecule has 134 valence electrons. The minimum Gasteiger partial charge on any atom is -0.467 e. The number of ether oxygens (including phenoxy) is 6. The Labute approximate surface area is 142 Å². The Hall–Kier alpha value is -2.09. The van der Waals surface area contributed by atoms with Crippen LogP contribution in [-0.2, 0) is 14.2 Å². The molecule has 0 unspecified atom stereocenters. The van der Waals surface area contributed by atoms with Crippen molar-refractivity contribution in [3.8, 4) is 17.2 Å². The van der Waals surface area contributed by atoms with Crippen LogP contribution in [0.2, 0.25) is 0 Å². The van der Waals surface area contributed by atoms with E-state index in [4.69, 9.17) is 28.4 Å².